The number of hydrogen-bond acceptors (Lipinski definition) is 4. The van der Waals surface area contributed by atoms with Gasteiger partial charge in [0.1, 0.15) is 5.75 Å². The number of para-hydroxylation sites is 1. The normalized spacial score (nSPS) is 11.9. The molecule has 0 radical (unpaired) electrons. The minimum absolute atomic E-state index is 0.419. The van der Waals surface area contributed by atoms with Gasteiger partial charge in [0.15, 0.2) is 6.10 Å². The van der Waals surface area contributed by atoms with Crippen molar-refractivity contribution >= 4 is 11.7 Å². The largest absolute Gasteiger partial charge is 0.477 e. The molecule has 1 aromatic rings. The summed E-state index contributed by atoms with van der Waals surface area (Å²) >= 11 is 0. The average Bonchev–Trinajstić information content (AvgIpc) is 2.22. The number of ether oxygens (including phenoxy) is 2. The van der Waals surface area contributed by atoms with E-state index in [0.717, 1.165) is 5.56 Å². The molecule has 0 saturated carbocycles. The second-order valence-corrected chi connectivity index (χ2v) is 3.28. The molecule has 1 rings (SSSR count). The van der Waals surface area contributed by atoms with Crippen molar-refractivity contribution in [2.75, 3.05) is 12.8 Å². The van der Waals surface area contributed by atoms with Gasteiger partial charge in [-0.05, 0) is 25.5 Å². The van der Waals surface area contributed by atoms with Gasteiger partial charge in [-0.1, -0.05) is 12.1 Å². The smallest absolute Gasteiger partial charge is 0.346 e. The van der Waals surface area contributed by atoms with E-state index in [4.69, 9.17) is 10.5 Å². The molecule has 0 aliphatic heterocycles. The van der Waals surface area contributed by atoms with Gasteiger partial charge in [0.2, 0.25) is 0 Å². The van der Waals surface area contributed by atoms with Crippen LogP contribution in [0.5, 0.6) is 5.75 Å². The van der Waals surface area contributed by atoms with Crippen LogP contribution in [0.4, 0.5) is 5.69 Å². The van der Waals surface area contributed by atoms with Gasteiger partial charge in [-0.2, -0.15) is 0 Å². The summed E-state index contributed by atoms with van der Waals surface area (Å²) in [6.07, 6.45) is -0.654. The van der Waals surface area contributed by atoms with Crippen LogP contribution in [0, 0.1) is 6.92 Å². The molecule has 0 spiro atoms. The van der Waals surface area contributed by atoms with Gasteiger partial charge >= 0.3 is 5.97 Å². The fraction of sp³-hybridized carbons (Fsp3) is 0.364. The summed E-state index contributed by atoms with van der Waals surface area (Å²) in [4.78, 5) is 11.2. The number of nitrogens with two attached hydrogens (primary N) is 1. The summed E-state index contributed by atoms with van der Waals surface area (Å²) in [5, 5.41) is 0. The van der Waals surface area contributed by atoms with Crippen molar-refractivity contribution in [3.8, 4) is 5.75 Å². The predicted molar refractivity (Wildman–Crippen MR) is 57.7 cm³/mol. The molecule has 15 heavy (non-hydrogen) atoms. The van der Waals surface area contributed by atoms with E-state index in [1.165, 1.54) is 7.11 Å². The van der Waals surface area contributed by atoms with E-state index in [1.54, 1.807) is 13.0 Å². The Hall–Kier alpha value is -1.71. The Morgan fingerprint density at radius 2 is 2.13 bits per heavy atom. The molecule has 4 heteroatoms. The minimum Gasteiger partial charge on any atom is -0.477 e. The van der Waals surface area contributed by atoms with Gasteiger partial charge in [0.05, 0.1) is 12.8 Å². The fourth-order valence-corrected chi connectivity index (χ4v) is 1.23. The first-order chi connectivity index (χ1) is 7.06. The number of anilines is 1. The zero-order valence-electron chi connectivity index (χ0n) is 9.11. The Morgan fingerprint density at radius 3 is 2.67 bits per heavy atom. The maximum Gasteiger partial charge on any atom is 0.346 e. The summed E-state index contributed by atoms with van der Waals surface area (Å²) in [5.41, 5.74) is 7.15. The lowest BCUT2D eigenvalue weighted by molar-refractivity contribution is -0.147. The number of aryl methyl sites for hydroxylation is 1. The highest BCUT2D eigenvalue weighted by Crippen LogP contribution is 2.26. The van der Waals surface area contributed by atoms with Crippen LogP contribution in [0.1, 0.15) is 12.5 Å². The van der Waals surface area contributed by atoms with Crippen LogP contribution in [0.3, 0.4) is 0 Å². The summed E-state index contributed by atoms with van der Waals surface area (Å²) in [5.74, 6) is 0.119. The van der Waals surface area contributed by atoms with Crippen molar-refractivity contribution in [1.82, 2.24) is 0 Å². The van der Waals surface area contributed by atoms with Gasteiger partial charge in [0.25, 0.3) is 0 Å². The number of methoxy groups -OCH3 is 1. The van der Waals surface area contributed by atoms with Gasteiger partial charge in [-0.15, -0.1) is 0 Å². The molecular weight excluding hydrogens is 194 g/mol. The summed E-state index contributed by atoms with van der Waals surface area (Å²) in [6.45, 7) is 3.49. The lowest BCUT2D eigenvalue weighted by Crippen LogP contribution is -2.25. The molecule has 0 amide bonds. The maximum atomic E-state index is 11.2. The van der Waals surface area contributed by atoms with Crippen molar-refractivity contribution in [1.29, 1.82) is 0 Å². The molecule has 2 N–H and O–H groups in total. The van der Waals surface area contributed by atoms with Gasteiger partial charge in [0, 0.05) is 0 Å². The van der Waals surface area contributed by atoms with Crippen molar-refractivity contribution in [3.05, 3.63) is 23.8 Å². The zero-order valence-corrected chi connectivity index (χ0v) is 9.11. The maximum absolute atomic E-state index is 11.2. The number of esters is 1. The molecule has 1 aromatic carbocycles. The van der Waals surface area contributed by atoms with Crippen molar-refractivity contribution < 1.29 is 14.3 Å². The first-order valence-electron chi connectivity index (χ1n) is 4.66. The number of carbonyl (C=O) groups excluding carboxylic acids is 1. The molecule has 0 fully saturated rings. The van der Waals surface area contributed by atoms with Crippen molar-refractivity contribution in [2.45, 2.75) is 20.0 Å². The quantitative estimate of drug-likeness (QED) is 0.605. The molecule has 0 heterocycles. The van der Waals surface area contributed by atoms with Crippen LogP contribution in [0.25, 0.3) is 0 Å². The number of hydrogen-bond donors (Lipinski definition) is 1. The highest BCUT2D eigenvalue weighted by Gasteiger charge is 2.16. The molecular formula is C11H15NO3. The summed E-state index contributed by atoms with van der Waals surface area (Å²) in [7, 11) is 1.32. The van der Waals surface area contributed by atoms with Crippen LogP contribution >= 0.6 is 0 Å². The van der Waals surface area contributed by atoms with Crippen molar-refractivity contribution in [2.24, 2.45) is 0 Å². The van der Waals surface area contributed by atoms with Gasteiger partial charge in [-0.3, -0.25) is 0 Å². The fourth-order valence-electron chi connectivity index (χ4n) is 1.23. The number of carbonyl (C=O) groups is 1. The molecule has 0 aromatic heterocycles. The standard InChI is InChI=1S/C11H15NO3/c1-7-5-4-6-9(12)10(7)15-8(2)11(13)14-3/h4-6,8H,12H2,1-3H3. The highest BCUT2D eigenvalue weighted by molar-refractivity contribution is 5.75. The molecule has 0 saturated heterocycles. The minimum atomic E-state index is -0.654. The van der Waals surface area contributed by atoms with E-state index in [9.17, 15) is 4.79 Å². The predicted octanol–water partition coefficient (Wildman–Crippen LogP) is 1.52. The Balaban J connectivity index is 2.85. The Labute approximate surface area is 89.0 Å². The summed E-state index contributed by atoms with van der Waals surface area (Å²) in [6, 6.07) is 5.43. The lowest BCUT2D eigenvalue weighted by atomic mass is 10.2. The topological polar surface area (TPSA) is 61.5 Å². The van der Waals surface area contributed by atoms with Crippen LogP contribution < -0.4 is 10.5 Å². The zero-order chi connectivity index (χ0) is 11.4. The van der Waals surface area contributed by atoms with Crippen LogP contribution in [0.15, 0.2) is 18.2 Å². The van der Waals surface area contributed by atoms with Crippen LogP contribution in [-0.2, 0) is 9.53 Å². The van der Waals surface area contributed by atoms with Crippen molar-refractivity contribution in [3.63, 3.8) is 0 Å². The van der Waals surface area contributed by atoms with E-state index in [-0.39, 0.29) is 0 Å². The van der Waals surface area contributed by atoms with Gasteiger partial charge in [-0.25, -0.2) is 4.79 Å². The monoisotopic (exact) mass is 209 g/mol. The molecule has 4 nitrogen and oxygen atoms in total. The highest BCUT2D eigenvalue weighted by atomic mass is 16.6. The number of benzene rings is 1. The Morgan fingerprint density at radius 1 is 1.47 bits per heavy atom. The Kier molecular flexibility index (Phi) is 3.55. The Bertz CT molecular complexity index is 343. The first-order valence-corrected chi connectivity index (χ1v) is 4.66. The first kappa shape index (κ1) is 11.4. The van der Waals surface area contributed by atoms with E-state index in [1.807, 2.05) is 19.1 Å². The number of rotatable bonds is 3. The second kappa shape index (κ2) is 4.68. The average molecular weight is 209 g/mol. The van der Waals surface area contributed by atoms with Gasteiger partial charge < -0.3 is 15.2 Å². The molecule has 0 aliphatic carbocycles. The van der Waals surface area contributed by atoms with E-state index in [2.05, 4.69) is 4.74 Å². The third-order valence-electron chi connectivity index (χ3n) is 2.07. The molecule has 82 valence electrons. The molecule has 0 aliphatic rings. The molecule has 1 atom stereocenters. The van der Waals surface area contributed by atoms with E-state index < -0.39 is 12.1 Å². The second-order valence-electron chi connectivity index (χ2n) is 3.28. The molecule has 1 unspecified atom stereocenters. The van der Waals surface area contributed by atoms with E-state index >= 15 is 0 Å². The third kappa shape index (κ3) is 2.62. The number of nitrogen functional groups attached to an aromatic ring is 1. The SMILES string of the molecule is COC(=O)C(C)Oc1c(C)cccc1N. The van der Waals surface area contributed by atoms with E-state index in [0.29, 0.717) is 11.4 Å². The third-order valence-corrected chi connectivity index (χ3v) is 2.07. The summed E-state index contributed by atoms with van der Waals surface area (Å²) < 4.78 is 9.99. The van der Waals surface area contributed by atoms with Crippen LogP contribution in [0.2, 0.25) is 0 Å². The molecule has 0 bridgehead atoms. The van der Waals surface area contributed by atoms with Crippen LogP contribution in [-0.4, -0.2) is 19.2 Å². The lowest BCUT2D eigenvalue weighted by Gasteiger charge is -2.15.